The van der Waals surface area contributed by atoms with Crippen molar-refractivity contribution in [3.8, 4) is 0 Å². The first-order valence-corrected chi connectivity index (χ1v) is 9.34. The van der Waals surface area contributed by atoms with Crippen LogP contribution in [0, 0.1) is 0 Å². The Morgan fingerprint density at radius 2 is 2.10 bits per heavy atom. The van der Waals surface area contributed by atoms with Gasteiger partial charge in [-0.25, -0.2) is 13.1 Å². The molecule has 0 saturated heterocycles. The van der Waals surface area contributed by atoms with E-state index in [1.54, 1.807) is 12.1 Å². The first-order valence-electron chi connectivity index (χ1n) is 7.07. The molecule has 0 aliphatic heterocycles. The lowest BCUT2D eigenvalue weighted by Gasteiger charge is -2.16. The lowest BCUT2D eigenvalue weighted by atomic mass is 10.2. The Bertz CT molecular complexity index is 588. The zero-order valence-electron chi connectivity index (χ0n) is 12.4. The van der Waals surface area contributed by atoms with E-state index in [0.29, 0.717) is 28.5 Å². The molecule has 0 bridgehead atoms. The average molecular weight is 376 g/mol. The Hall–Kier alpha value is -0.470. The molecule has 1 aliphatic rings. The summed E-state index contributed by atoms with van der Waals surface area (Å²) in [5, 5.41) is 3.02. The molecule has 0 unspecified atom stereocenters. The maximum atomic E-state index is 12.4. The van der Waals surface area contributed by atoms with Crippen LogP contribution in [0.3, 0.4) is 0 Å². The molecule has 118 valence electrons. The molecule has 0 spiro atoms. The SMILES string of the molecule is CNCc1ccc(Br)c(S(=O)(=O)NCCN(C)C2CC2)c1. The number of benzene rings is 1. The zero-order valence-corrected chi connectivity index (χ0v) is 14.8. The normalized spacial score (nSPS) is 15.6. The van der Waals surface area contributed by atoms with Gasteiger partial charge in [-0.2, -0.15) is 0 Å². The van der Waals surface area contributed by atoms with Crippen molar-refractivity contribution in [2.45, 2.75) is 30.3 Å². The molecule has 2 rings (SSSR count). The van der Waals surface area contributed by atoms with Crippen LogP contribution in [0.15, 0.2) is 27.6 Å². The fraction of sp³-hybridized carbons (Fsp3) is 0.571. The van der Waals surface area contributed by atoms with Gasteiger partial charge in [0.15, 0.2) is 0 Å². The van der Waals surface area contributed by atoms with E-state index in [0.717, 1.165) is 12.1 Å². The van der Waals surface area contributed by atoms with Gasteiger partial charge in [0.1, 0.15) is 0 Å². The molecular weight excluding hydrogens is 354 g/mol. The molecule has 1 aliphatic carbocycles. The maximum absolute atomic E-state index is 12.4. The molecule has 0 radical (unpaired) electrons. The average Bonchev–Trinajstić information content (AvgIpc) is 3.25. The molecule has 1 saturated carbocycles. The van der Waals surface area contributed by atoms with Crippen molar-refractivity contribution in [1.29, 1.82) is 0 Å². The molecule has 21 heavy (non-hydrogen) atoms. The Morgan fingerprint density at radius 1 is 1.38 bits per heavy atom. The lowest BCUT2D eigenvalue weighted by molar-refractivity contribution is 0.329. The summed E-state index contributed by atoms with van der Waals surface area (Å²) in [6.45, 7) is 1.80. The van der Waals surface area contributed by atoms with E-state index in [1.807, 2.05) is 20.2 Å². The highest BCUT2D eigenvalue weighted by Crippen LogP contribution is 2.25. The van der Waals surface area contributed by atoms with Gasteiger partial charge in [0.25, 0.3) is 0 Å². The van der Waals surface area contributed by atoms with E-state index in [4.69, 9.17) is 0 Å². The van der Waals surface area contributed by atoms with Crippen LogP contribution in [0.4, 0.5) is 0 Å². The molecule has 1 fully saturated rings. The Labute approximate surface area is 135 Å². The molecule has 0 aromatic heterocycles. The first kappa shape index (κ1) is 16.9. The van der Waals surface area contributed by atoms with Crippen LogP contribution in [0.1, 0.15) is 18.4 Å². The highest BCUT2D eigenvalue weighted by Gasteiger charge is 2.26. The van der Waals surface area contributed by atoms with E-state index in [2.05, 4.69) is 30.9 Å². The Kier molecular flexibility index (Phi) is 5.79. The third-order valence-electron chi connectivity index (χ3n) is 3.59. The summed E-state index contributed by atoms with van der Waals surface area (Å²) in [4.78, 5) is 2.50. The third kappa shape index (κ3) is 4.75. The first-order chi connectivity index (χ1) is 9.94. The summed E-state index contributed by atoms with van der Waals surface area (Å²) in [6.07, 6.45) is 2.45. The van der Waals surface area contributed by atoms with Gasteiger partial charge < -0.3 is 10.2 Å². The van der Waals surface area contributed by atoms with E-state index >= 15 is 0 Å². The summed E-state index contributed by atoms with van der Waals surface area (Å²) in [6, 6.07) is 6.02. The number of likely N-dealkylation sites (N-methyl/N-ethyl adjacent to an activating group) is 1. The van der Waals surface area contributed by atoms with Gasteiger partial charge in [0.05, 0.1) is 4.90 Å². The summed E-state index contributed by atoms with van der Waals surface area (Å²) in [7, 11) is 0.389. The van der Waals surface area contributed by atoms with Crippen molar-refractivity contribution in [3.63, 3.8) is 0 Å². The van der Waals surface area contributed by atoms with E-state index in [1.165, 1.54) is 12.8 Å². The second-order valence-corrected chi connectivity index (χ2v) is 7.99. The molecule has 1 aromatic rings. The van der Waals surface area contributed by atoms with E-state index in [9.17, 15) is 8.42 Å². The van der Waals surface area contributed by atoms with Gasteiger partial charge in [-0.3, -0.25) is 0 Å². The van der Waals surface area contributed by atoms with Crippen LogP contribution in [0.2, 0.25) is 0 Å². The standard InChI is InChI=1S/C14H22BrN3O2S/c1-16-10-11-3-6-13(15)14(9-11)21(19,20)17-7-8-18(2)12-4-5-12/h3,6,9,12,16-17H,4-5,7-8,10H2,1-2H3. The number of sulfonamides is 1. The second kappa shape index (κ2) is 7.19. The smallest absolute Gasteiger partial charge is 0.241 e. The predicted molar refractivity (Wildman–Crippen MR) is 87.7 cm³/mol. The molecule has 0 heterocycles. The molecule has 0 atom stereocenters. The van der Waals surface area contributed by atoms with Gasteiger partial charge in [0, 0.05) is 30.1 Å². The van der Waals surface area contributed by atoms with Gasteiger partial charge in [0.2, 0.25) is 10.0 Å². The fourth-order valence-electron chi connectivity index (χ4n) is 2.20. The Morgan fingerprint density at radius 3 is 2.71 bits per heavy atom. The Balaban J connectivity index is 2.01. The van der Waals surface area contributed by atoms with Crippen LogP contribution in [-0.2, 0) is 16.6 Å². The van der Waals surface area contributed by atoms with Crippen LogP contribution < -0.4 is 10.0 Å². The van der Waals surface area contributed by atoms with Gasteiger partial charge in [-0.15, -0.1) is 0 Å². The largest absolute Gasteiger partial charge is 0.316 e. The van der Waals surface area contributed by atoms with Crippen molar-refractivity contribution in [2.24, 2.45) is 0 Å². The highest BCUT2D eigenvalue weighted by atomic mass is 79.9. The lowest BCUT2D eigenvalue weighted by Crippen LogP contribution is -2.34. The van der Waals surface area contributed by atoms with Gasteiger partial charge in [-0.1, -0.05) is 6.07 Å². The summed E-state index contributed by atoms with van der Waals surface area (Å²) < 4.78 is 28.1. The number of nitrogens with zero attached hydrogens (tertiary/aromatic N) is 1. The third-order valence-corrected chi connectivity index (χ3v) is 6.05. The minimum atomic E-state index is -3.48. The number of hydrogen-bond donors (Lipinski definition) is 2. The summed E-state index contributed by atoms with van der Waals surface area (Å²) in [5.74, 6) is 0. The van der Waals surface area contributed by atoms with Crippen molar-refractivity contribution in [2.75, 3.05) is 27.2 Å². The monoisotopic (exact) mass is 375 g/mol. The van der Waals surface area contributed by atoms with Crippen LogP contribution in [0.25, 0.3) is 0 Å². The number of halogens is 1. The van der Waals surface area contributed by atoms with Crippen molar-refractivity contribution in [1.82, 2.24) is 14.9 Å². The quantitative estimate of drug-likeness (QED) is 0.723. The molecule has 0 amide bonds. The van der Waals surface area contributed by atoms with Crippen LogP contribution >= 0.6 is 15.9 Å². The molecule has 1 aromatic carbocycles. The maximum Gasteiger partial charge on any atom is 0.241 e. The number of rotatable bonds is 8. The van der Waals surface area contributed by atoms with Crippen LogP contribution in [0.5, 0.6) is 0 Å². The van der Waals surface area contributed by atoms with Gasteiger partial charge >= 0.3 is 0 Å². The minimum absolute atomic E-state index is 0.296. The fourth-order valence-corrected chi connectivity index (χ4v) is 4.23. The summed E-state index contributed by atoms with van der Waals surface area (Å²) >= 11 is 3.32. The van der Waals surface area contributed by atoms with Gasteiger partial charge in [-0.05, 0) is 60.6 Å². The second-order valence-electron chi connectivity index (χ2n) is 5.40. The van der Waals surface area contributed by atoms with Crippen molar-refractivity contribution in [3.05, 3.63) is 28.2 Å². The summed E-state index contributed by atoms with van der Waals surface area (Å²) in [5.41, 5.74) is 0.941. The highest BCUT2D eigenvalue weighted by molar-refractivity contribution is 9.10. The van der Waals surface area contributed by atoms with Crippen LogP contribution in [-0.4, -0.2) is 46.5 Å². The van der Waals surface area contributed by atoms with Crippen molar-refractivity contribution < 1.29 is 8.42 Å². The van der Waals surface area contributed by atoms with E-state index < -0.39 is 10.0 Å². The number of nitrogens with one attached hydrogen (secondary N) is 2. The molecule has 2 N–H and O–H groups in total. The topological polar surface area (TPSA) is 61.4 Å². The van der Waals surface area contributed by atoms with E-state index in [-0.39, 0.29) is 0 Å². The zero-order chi connectivity index (χ0) is 15.5. The predicted octanol–water partition coefficient (Wildman–Crippen LogP) is 1.54. The molecule has 5 nitrogen and oxygen atoms in total. The van der Waals surface area contributed by atoms with Crippen molar-refractivity contribution >= 4 is 26.0 Å². The minimum Gasteiger partial charge on any atom is -0.316 e. The number of hydrogen-bond acceptors (Lipinski definition) is 4. The molecular formula is C14H22BrN3O2S. The molecule has 7 heteroatoms.